The van der Waals surface area contributed by atoms with Crippen LogP contribution in [0.3, 0.4) is 0 Å². The summed E-state index contributed by atoms with van der Waals surface area (Å²) in [5, 5.41) is 3.05. The maximum absolute atomic E-state index is 14.5. The lowest BCUT2D eigenvalue weighted by atomic mass is 9.91. The average Bonchev–Trinajstić information content (AvgIpc) is 3.54. The molecule has 3 amide bonds. The van der Waals surface area contributed by atoms with Crippen molar-refractivity contribution in [3.8, 4) is 11.6 Å². The van der Waals surface area contributed by atoms with Crippen molar-refractivity contribution in [3.63, 3.8) is 0 Å². The van der Waals surface area contributed by atoms with E-state index in [1.165, 1.54) is 37.3 Å². The number of nitrogens with one attached hydrogen (secondary N) is 2. The van der Waals surface area contributed by atoms with Crippen LogP contribution in [0.15, 0.2) is 36.5 Å². The fourth-order valence-corrected chi connectivity index (χ4v) is 7.87. The number of methoxy groups -OCH3 is 1. The Morgan fingerprint density at radius 1 is 1.21 bits per heavy atom. The number of carbonyl (C=O) groups excluding carboxylic acids is 3. The number of fused-ring (bicyclic) bond motifs is 3. The predicted molar refractivity (Wildman–Crippen MR) is 175 cm³/mol. The van der Waals surface area contributed by atoms with Crippen molar-refractivity contribution in [3.05, 3.63) is 42.4 Å². The van der Waals surface area contributed by atoms with Gasteiger partial charge in [-0.05, 0) is 63.0 Å². The molecule has 2 aromatic rings. The summed E-state index contributed by atoms with van der Waals surface area (Å²) < 4.78 is 54.0. The summed E-state index contributed by atoms with van der Waals surface area (Å²) in [7, 11) is -2.52. The zero-order chi connectivity index (χ0) is 34.1. The second-order valence-electron chi connectivity index (χ2n) is 13.5. The van der Waals surface area contributed by atoms with Gasteiger partial charge in [0.05, 0.1) is 24.3 Å². The van der Waals surface area contributed by atoms with Gasteiger partial charge in [0.1, 0.15) is 29.3 Å². The highest BCUT2D eigenvalue weighted by Gasteiger charge is 2.61. The van der Waals surface area contributed by atoms with E-state index in [0.717, 1.165) is 19.3 Å². The number of ether oxygens (including phenoxy) is 2. The normalized spacial score (nSPS) is 29.1. The van der Waals surface area contributed by atoms with E-state index in [-0.39, 0.29) is 43.5 Å². The lowest BCUT2D eigenvalue weighted by Crippen LogP contribution is -2.57. The molecule has 1 aromatic carbocycles. The van der Waals surface area contributed by atoms with E-state index < -0.39 is 56.5 Å². The Morgan fingerprint density at radius 3 is 2.70 bits per heavy atom. The SMILES string of the molecule is CCC(C)S(=O)(=O)NC(=O)C12CC1C=CCCC(C)CC(C)CC(=O)N1CC(Oc3nccc4c(OC)cc(F)cc34)CC1C(=O)N2. The van der Waals surface area contributed by atoms with Gasteiger partial charge in [-0.2, -0.15) is 0 Å². The summed E-state index contributed by atoms with van der Waals surface area (Å²) in [5.74, 6) is -1.62. The molecular weight excluding hydrogens is 627 g/mol. The number of nitrogens with zero attached hydrogens (tertiary/aromatic N) is 2. The monoisotopic (exact) mass is 672 g/mol. The first-order valence-electron chi connectivity index (χ1n) is 16.4. The van der Waals surface area contributed by atoms with Crippen molar-refractivity contribution < 1.29 is 36.7 Å². The van der Waals surface area contributed by atoms with E-state index in [4.69, 9.17) is 9.47 Å². The minimum atomic E-state index is -3.96. The number of hydrogen-bond donors (Lipinski definition) is 2. The van der Waals surface area contributed by atoms with Gasteiger partial charge in [0.15, 0.2) is 0 Å². The van der Waals surface area contributed by atoms with Crippen LogP contribution in [0.5, 0.6) is 11.6 Å². The second kappa shape index (κ2) is 13.8. The molecule has 0 radical (unpaired) electrons. The van der Waals surface area contributed by atoms with Gasteiger partial charge in [0.25, 0.3) is 5.91 Å². The van der Waals surface area contributed by atoms with Crippen LogP contribution in [0.2, 0.25) is 0 Å². The average molecular weight is 673 g/mol. The summed E-state index contributed by atoms with van der Waals surface area (Å²) >= 11 is 0. The molecule has 2 fully saturated rings. The molecule has 1 aromatic heterocycles. The molecule has 2 N–H and O–H groups in total. The fraction of sp³-hybridized carbons (Fsp3) is 0.588. The highest BCUT2D eigenvalue weighted by atomic mass is 32.2. The summed E-state index contributed by atoms with van der Waals surface area (Å²) in [5.41, 5.74) is -1.47. The largest absolute Gasteiger partial charge is 0.496 e. The lowest BCUT2D eigenvalue weighted by Gasteiger charge is -2.27. The van der Waals surface area contributed by atoms with Crippen molar-refractivity contribution in [2.45, 2.75) is 95.6 Å². The third-order valence-corrected chi connectivity index (χ3v) is 11.6. The molecular formula is C34H45FN4O7S. The zero-order valence-corrected chi connectivity index (χ0v) is 28.4. The minimum absolute atomic E-state index is 0.0711. The maximum atomic E-state index is 14.5. The zero-order valence-electron chi connectivity index (χ0n) is 27.6. The summed E-state index contributed by atoms with van der Waals surface area (Å²) in [6.45, 7) is 7.48. The second-order valence-corrected chi connectivity index (χ2v) is 15.6. The third-order valence-electron chi connectivity index (χ3n) is 9.78. The molecule has 13 heteroatoms. The van der Waals surface area contributed by atoms with Crippen molar-refractivity contribution in [1.82, 2.24) is 19.9 Å². The van der Waals surface area contributed by atoms with E-state index >= 15 is 0 Å². The van der Waals surface area contributed by atoms with Crippen LogP contribution in [0, 0.1) is 23.6 Å². The van der Waals surface area contributed by atoms with Gasteiger partial charge in [0.2, 0.25) is 27.7 Å². The van der Waals surface area contributed by atoms with Crippen LogP contribution in [-0.2, 0) is 24.4 Å². The number of hydrogen-bond acceptors (Lipinski definition) is 8. The van der Waals surface area contributed by atoms with E-state index in [1.54, 1.807) is 13.0 Å². The van der Waals surface area contributed by atoms with E-state index in [2.05, 4.69) is 21.9 Å². The molecule has 3 heterocycles. The molecule has 0 spiro atoms. The number of halogens is 1. The minimum Gasteiger partial charge on any atom is -0.496 e. The van der Waals surface area contributed by atoms with Gasteiger partial charge in [-0.3, -0.25) is 19.1 Å². The number of amides is 3. The maximum Gasteiger partial charge on any atom is 0.259 e. The molecule has 47 heavy (non-hydrogen) atoms. The smallest absolute Gasteiger partial charge is 0.259 e. The van der Waals surface area contributed by atoms with Crippen LogP contribution in [-0.4, -0.2) is 72.6 Å². The summed E-state index contributed by atoms with van der Waals surface area (Å²) in [6, 6.07) is 3.27. The first kappa shape index (κ1) is 34.6. The molecule has 1 saturated carbocycles. The summed E-state index contributed by atoms with van der Waals surface area (Å²) in [4.78, 5) is 47.3. The third kappa shape index (κ3) is 7.39. The van der Waals surface area contributed by atoms with Crippen LogP contribution in [0.1, 0.15) is 72.6 Å². The number of aromatic nitrogens is 1. The Bertz CT molecular complexity index is 1670. The first-order valence-corrected chi connectivity index (χ1v) is 18.0. The van der Waals surface area contributed by atoms with Gasteiger partial charge >= 0.3 is 0 Å². The van der Waals surface area contributed by atoms with E-state index in [0.29, 0.717) is 28.9 Å². The summed E-state index contributed by atoms with van der Waals surface area (Å²) in [6.07, 6.45) is 8.08. The number of benzene rings is 1. The molecule has 1 aliphatic carbocycles. The molecule has 256 valence electrons. The quantitative estimate of drug-likeness (QED) is 0.416. The molecule has 5 rings (SSSR count). The Labute approximate surface area is 275 Å². The number of rotatable bonds is 7. The molecule has 0 bridgehead atoms. The Hall–Kier alpha value is -3.74. The molecule has 2 aliphatic heterocycles. The predicted octanol–water partition coefficient (Wildman–Crippen LogP) is 4.25. The number of allylic oxidation sites excluding steroid dienone is 1. The van der Waals surface area contributed by atoms with Gasteiger partial charge in [-0.1, -0.05) is 32.9 Å². The Kier molecular flexibility index (Phi) is 10.1. The van der Waals surface area contributed by atoms with Gasteiger partial charge < -0.3 is 19.7 Å². The first-order chi connectivity index (χ1) is 22.3. The van der Waals surface area contributed by atoms with Gasteiger partial charge in [-0.25, -0.2) is 17.8 Å². The van der Waals surface area contributed by atoms with Crippen LogP contribution >= 0.6 is 0 Å². The topological polar surface area (TPSA) is 144 Å². The molecule has 3 aliphatic rings. The van der Waals surface area contributed by atoms with E-state index in [9.17, 15) is 27.2 Å². The number of pyridine rings is 1. The highest BCUT2D eigenvalue weighted by Crippen LogP contribution is 2.46. The standard InChI is InChI=1S/C34H45FN4O7S/c1-6-22(4)47(43,44)38-33(42)34-18-23(34)10-8-7-9-20(2)13-21(3)14-30(40)39-19-25(17-28(39)31(41)37-34)46-32-27-15-24(35)16-29(45-5)26(27)11-12-36-32/h8,10-12,15-16,20-23,25,28H,6-7,9,13-14,17-19H2,1-5H3,(H,37,41)(H,38,42). The van der Waals surface area contributed by atoms with E-state index in [1.807, 2.05) is 19.1 Å². The van der Waals surface area contributed by atoms with Crippen molar-refractivity contribution in [2.75, 3.05) is 13.7 Å². The van der Waals surface area contributed by atoms with Crippen LogP contribution in [0.25, 0.3) is 10.8 Å². The van der Waals surface area contributed by atoms with Crippen molar-refractivity contribution in [2.24, 2.45) is 17.8 Å². The lowest BCUT2D eigenvalue weighted by molar-refractivity contribution is -0.140. The van der Waals surface area contributed by atoms with Crippen molar-refractivity contribution >= 4 is 38.5 Å². The number of sulfonamides is 1. The molecule has 11 nitrogen and oxygen atoms in total. The molecule has 7 atom stereocenters. The molecule has 1 saturated heterocycles. The fourth-order valence-electron chi connectivity index (χ4n) is 6.79. The van der Waals surface area contributed by atoms with Gasteiger partial charge in [0, 0.05) is 36.4 Å². The van der Waals surface area contributed by atoms with Gasteiger partial charge in [-0.15, -0.1) is 0 Å². The Morgan fingerprint density at radius 2 is 1.98 bits per heavy atom. The molecule has 7 unspecified atom stereocenters. The Balaban J connectivity index is 1.45. The van der Waals surface area contributed by atoms with Crippen LogP contribution < -0.4 is 19.5 Å². The highest BCUT2D eigenvalue weighted by molar-refractivity contribution is 7.90. The number of carbonyl (C=O) groups is 3. The van der Waals surface area contributed by atoms with Crippen LogP contribution in [0.4, 0.5) is 4.39 Å². The van der Waals surface area contributed by atoms with Crippen molar-refractivity contribution in [1.29, 1.82) is 0 Å².